The van der Waals surface area contributed by atoms with E-state index in [1.165, 1.54) is 17.8 Å². The van der Waals surface area contributed by atoms with E-state index < -0.39 is 17.1 Å². The van der Waals surface area contributed by atoms with Gasteiger partial charge in [0.15, 0.2) is 0 Å². The van der Waals surface area contributed by atoms with E-state index in [0.717, 1.165) is 10.5 Å². The molecule has 0 aliphatic carbocycles. The SMILES string of the molecule is CCC(Sc1cccc(NC(=O)/C(=C\c2cccc(Cl)c2Cl)NC(=O)c2ccccc2)c1)C(=O)Nc1cc(Cl)ccc1C. The lowest BCUT2D eigenvalue weighted by molar-refractivity contribution is -0.116. The Bertz CT molecular complexity index is 1680. The minimum Gasteiger partial charge on any atom is -0.325 e. The highest BCUT2D eigenvalue weighted by Crippen LogP contribution is 2.30. The number of benzene rings is 4. The van der Waals surface area contributed by atoms with Gasteiger partial charge in [-0.25, -0.2) is 0 Å². The molecular weight excluding hydrogens is 625 g/mol. The Hall–Kier alpha value is -3.75. The Morgan fingerprint density at radius 3 is 2.35 bits per heavy atom. The number of carbonyl (C=O) groups excluding carboxylic acids is 3. The smallest absolute Gasteiger partial charge is 0.272 e. The van der Waals surface area contributed by atoms with Gasteiger partial charge in [0.05, 0.1) is 15.3 Å². The van der Waals surface area contributed by atoms with Crippen molar-refractivity contribution >= 4 is 81.7 Å². The van der Waals surface area contributed by atoms with Crippen molar-refractivity contribution in [3.05, 3.63) is 128 Å². The number of halogens is 3. The summed E-state index contributed by atoms with van der Waals surface area (Å²) in [6.45, 7) is 3.83. The van der Waals surface area contributed by atoms with Crippen LogP contribution in [0.2, 0.25) is 15.1 Å². The standard InChI is InChI=1S/C33H28Cl3N3O3S/c1-3-29(33(42)38-27-18-23(34)16-15-20(27)2)43-25-13-8-12-24(19-25)37-32(41)28(17-22-11-7-14-26(35)30(22)36)39-31(40)21-9-5-4-6-10-21/h4-19,29H,3H2,1-2H3,(H,37,41)(H,38,42)(H,39,40)/b28-17+. The van der Waals surface area contributed by atoms with Crippen molar-refractivity contribution in [2.45, 2.75) is 30.4 Å². The molecule has 0 aliphatic heterocycles. The van der Waals surface area contributed by atoms with Crippen molar-refractivity contribution < 1.29 is 14.4 Å². The second-order valence-corrected chi connectivity index (χ2v) is 12.0. The number of rotatable bonds is 10. The maximum absolute atomic E-state index is 13.5. The van der Waals surface area contributed by atoms with Crippen LogP contribution in [-0.2, 0) is 9.59 Å². The first-order chi connectivity index (χ1) is 20.6. The van der Waals surface area contributed by atoms with Crippen LogP contribution in [0.15, 0.2) is 102 Å². The van der Waals surface area contributed by atoms with Crippen molar-refractivity contribution in [3.63, 3.8) is 0 Å². The Morgan fingerprint density at radius 1 is 0.860 bits per heavy atom. The average Bonchev–Trinajstić information content (AvgIpc) is 3.00. The van der Waals surface area contributed by atoms with Gasteiger partial charge in [-0.05, 0) is 79.1 Å². The van der Waals surface area contributed by atoms with Crippen LogP contribution < -0.4 is 16.0 Å². The molecule has 3 N–H and O–H groups in total. The van der Waals surface area contributed by atoms with E-state index >= 15 is 0 Å². The van der Waals surface area contributed by atoms with Crippen molar-refractivity contribution in [1.29, 1.82) is 0 Å². The minimum atomic E-state index is -0.566. The van der Waals surface area contributed by atoms with Gasteiger partial charge >= 0.3 is 0 Å². The molecule has 43 heavy (non-hydrogen) atoms. The van der Waals surface area contributed by atoms with Crippen LogP contribution in [0.25, 0.3) is 6.08 Å². The molecule has 0 aromatic heterocycles. The number of amides is 3. The first-order valence-corrected chi connectivity index (χ1v) is 15.3. The predicted octanol–water partition coefficient (Wildman–Crippen LogP) is 8.87. The number of hydrogen-bond acceptors (Lipinski definition) is 4. The summed E-state index contributed by atoms with van der Waals surface area (Å²) in [6, 6.07) is 26.0. The molecule has 1 unspecified atom stereocenters. The molecule has 3 amide bonds. The number of thioether (sulfide) groups is 1. The summed E-state index contributed by atoms with van der Waals surface area (Å²) in [4.78, 5) is 40.3. The van der Waals surface area contributed by atoms with E-state index in [1.54, 1.807) is 78.9 Å². The Balaban J connectivity index is 1.53. The van der Waals surface area contributed by atoms with Gasteiger partial charge in [0.1, 0.15) is 5.70 Å². The fourth-order valence-electron chi connectivity index (χ4n) is 4.00. The number of anilines is 2. The monoisotopic (exact) mass is 651 g/mol. The first kappa shape index (κ1) is 32.2. The van der Waals surface area contributed by atoms with Crippen molar-refractivity contribution in [2.24, 2.45) is 0 Å². The number of carbonyl (C=O) groups is 3. The quantitative estimate of drug-likeness (QED) is 0.118. The zero-order valence-corrected chi connectivity index (χ0v) is 26.4. The normalized spacial score (nSPS) is 11.9. The van der Waals surface area contributed by atoms with Crippen LogP contribution in [0, 0.1) is 6.92 Å². The van der Waals surface area contributed by atoms with Gasteiger partial charge in [0.2, 0.25) is 5.91 Å². The van der Waals surface area contributed by atoms with Gasteiger partial charge in [-0.1, -0.05) is 84.2 Å². The van der Waals surface area contributed by atoms with E-state index in [0.29, 0.717) is 39.0 Å². The highest BCUT2D eigenvalue weighted by Gasteiger charge is 2.20. The van der Waals surface area contributed by atoms with Gasteiger partial charge in [-0.15, -0.1) is 11.8 Å². The molecule has 4 aromatic rings. The Labute approximate surface area is 269 Å². The molecule has 0 saturated carbocycles. The zero-order valence-electron chi connectivity index (χ0n) is 23.3. The van der Waals surface area contributed by atoms with Gasteiger partial charge in [0.25, 0.3) is 11.8 Å². The second-order valence-electron chi connectivity index (χ2n) is 9.47. The summed E-state index contributed by atoms with van der Waals surface area (Å²) in [5.41, 5.74) is 2.86. The van der Waals surface area contributed by atoms with Gasteiger partial charge in [0, 0.05) is 26.9 Å². The average molecular weight is 653 g/mol. The predicted molar refractivity (Wildman–Crippen MR) is 178 cm³/mol. The molecule has 0 spiro atoms. The van der Waals surface area contributed by atoms with Crippen molar-refractivity contribution in [2.75, 3.05) is 10.6 Å². The maximum atomic E-state index is 13.5. The highest BCUT2D eigenvalue weighted by molar-refractivity contribution is 8.00. The third-order valence-electron chi connectivity index (χ3n) is 6.30. The molecule has 0 fully saturated rings. The summed E-state index contributed by atoms with van der Waals surface area (Å²) in [6.07, 6.45) is 2.05. The molecule has 4 rings (SSSR count). The van der Waals surface area contributed by atoms with Gasteiger partial charge in [-0.3, -0.25) is 14.4 Å². The fourth-order valence-corrected chi connectivity index (χ4v) is 5.55. The summed E-state index contributed by atoms with van der Waals surface area (Å²) in [5.74, 6) is -1.18. The van der Waals surface area contributed by atoms with Gasteiger partial charge in [-0.2, -0.15) is 0 Å². The molecule has 1 atom stereocenters. The van der Waals surface area contributed by atoms with Crippen LogP contribution in [-0.4, -0.2) is 23.0 Å². The number of hydrogen-bond donors (Lipinski definition) is 3. The minimum absolute atomic E-state index is 0.0289. The molecule has 0 radical (unpaired) electrons. The Kier molecular flexibility index (Phi) is 11.3. The lowest BCUT2D eigenvalue weighted by Crippen LogP contribution is -2.30. The van der Waals surface area contributed by atoms with E-state index in [-0.39, 0.29) is 16.6 Å². The zero-order chi connectivity index (χ0) is 30.9. The van der Waals surface area contributed by atoms with Crippen LogP contribution >= 0.6 is 46.6 Å². The molecule has 220 valence electrons. The molecule has 6 nitrogen and oxygen atoms in total. The molecule has 0 saturated heterocycles. The summed E-state index contributed by atoms with van der Waals surface area (Å²) >= 11 is 20.0. The number of nitrogens with one attached hydrogen (secondary N) is 3. The Morgan fingerprint density at radius 2 is 1.60 bits per heavy atom. The summed E-state index contributed by atoms with van der Waals surface area (Å²) < 4.78 is 0. The third kappa shape index (κ3) is 8.88. The highest BCUT2D eigenvalue weighted by atomic mass is 35.5. The molecule has 0 heterocycles. The van der Waals surface area contributed by atoms with Crippen molar-refractivity contribution in [3.8, 4) is 0 Å². The van der Waals surface area contributed by atoms with E-state index in [9.17, 15) is 14.4 Å². The largest absolute Gasteiger partial charge is 0.325 e. The second kappa shape index (κ2) is 15.1. The molecule has 0 aliphatic rings. The first-order valence-electron chi connectivity index (χ1n) is 13.3. The van der Waals surface area contributed by atoms with E-state index in [1.807, 2.05) is 26.0 Å². The molecule has 10 heteroatoms. The van der Waals surface area contributed by atoms with Crippen LogP contribution in [0.1, 0.15) is 34.8 Å². The summed E-state index contributed by atoms with van der Waals surface area (Å²) in [7, 11) is 0. The molecule has 0 bridgehead atoms. The van der Waals surface area contributed by atoms with E-state index in [2.05, 4.69) is 16.0 Å². The van der Waals surface area contributed by atoms with Gasteiger partial charge < -0.3 is 16.0 Å². The molecule has 4 aromatic carbocycles. The number of aryl methyl sites for hydroxylation is 1. The fraction of sp³-hybridized carbons (Fsp3) is 0.121. The van der Waals surface area contributed by atoms with Crippen LogP contribution in [0.4, 0.5) is 11.4 Å². The maximum Gasteiger partial charge on any atom is 0.272 e. The third-order valence-corrected chi connectivity index (χ3v) is 8.73. The van der Waals surface area contributed by atoms with E-state index in [4.69, 9.17) is 34.8 Å². The lowest BCUT2D eigenvalue weighted by atomic mass is 10.1. The lowest BCUT2D eigenvalue weighted by Gasteiger charge is -2.17. The van der Waals surface area contributed by atoms with Crippen molar-refractivity contribution in [1.82, 2.24) is 5.32 Å². The van der Waals surface area contributed by atoms with Crippen LogP contribution in [0.3, 0.4) is 0 Å². The van der Waals surface area contributed by atoms with Crippen LogP contribution in [0.5, 0.6) is 0 Å². The molecular formula is C33H28Cl3N3O3S. The topological polar surface area (TPSA) is 87.3 Å². The summed E-state index contributed by atoms with van der Waals surface area (Å²) in [5, 5.41) is 9.21.